The average Bonchev–Trinajstić information content (AvgIpc) is 3.17. The molecule has 2 saturated carbocycles. The largest absolute Gasteiger partial charge is 0.380 e. The minimum atomic E-state index is -0.400. The number of nitrogens with one attached hydrogen (secondary N) is 3. The molecule has 0 amide bonds. The fourth-order valence-corrected chi connectivity index (χ4v) is 5.12. The third-order valence-electron chi connectivity index (χ3n) is 7.04. The van der Waals surface area contributed by atoms with Gasteiger partial charge in [0.15, 0.2) is 11.3 Å². The quantitative estimate of drug-likeness (QED) is 0.394. The van der Waals surface area contributed by atoms with E-state index in [9.17, 15) is 9.59 Å². The second-order valence-corrected chi connectivity index (χ2v) is 9.04. The van der Waals surface area contributed by atoms with E-state index >= 15 is 0 Å². The van der Waals surface area contributed by atoms with Gasteiger partial charge in [0.1, 0.15) is 17.2 Å². The highest BCUT2D eigenvalue weighted by atomic mass is 16.2. The molecule has 3 heterocycles. The highest BCUT2D eigenvalue weighted by Gasteiger charge is 2.38. The third kappa shape index (κ3) is 2.94. The van der Waals surface area contributed by atoms with Crippen LogP contribution >= 0.6 is 0 Å². The Morgan fingerprint density at radius 2 is 2.00 bits per heavy atom. The molecule has 0 aliphatic heterocycles. The van der Waals surface area contributed by atoms with Crippen LogP contribution in [-0.4, -0.2) is 37.2 Å². The zero-order valence-corrected chi connectivity index (χ0v) is 17.4. The van der Waals surface area contributed by atoms with Crippen molar-refractivity contribution in [2.24, 2.45) is 11.8 Å². The Hall–Kier alpha value is -3.23. The maximum atomic E-state index is 12.2. The third-order valence-corrected chi connectivity index (χ3v) is 7.04. The lowest BCUT2D eigenvalue weighted by Gasteiger charge is -2.19. The summed E-state index contributed by atoms with van der Waals surface area (Å²) in [6.45, 7) is 2.97. The van der Waals surface area contributed by atoms with Crippen molar-refractivity contribution in [1.29, 1.82) is 0 Å². The Balaban J connectivity index is 1.28. The summed E-state index contributed by atoms with van der Waals surface area (Å²) in [6.07, 6.45) is 8.79. The summed E-state index contributed by atoms with van der Waals surface area (Å²) >= 11 is 0. The predicted molar refractivity (Wildman–Crippen MR) is 118 cm³/mol. The molecule has 6 rings (SSSR count). The van der Waals surface area contributed by atoms with E-state index in [1.165, 1.54) is 12.8 Å². The van der Waals surface area contributed by atoms with Crippen LogP contribution in [0.1, 0.15) is 50.8 Å². The first-order chi connectivity index (χ1) is 15.1. The molecule has 0 radical (unpaired) electrons. The summed E-state index contributed by atoms with van der Waals surface area (Å²) in [5.41, 5.74) is 2.67. The van der Waals surface area contributed by atoms with Gasteiger partial charge in [0, 0.05) is 24.7 Å². The lowest BCUT2D eigenvalue weighted by Crippen LogP contribution is -2.39. The van der Waals surface area contributed by atoms with Gasteiger partial charge in [-0.25, -0.2) is 4.98 Å². The molecule has 0 bridgehead atoms. The van der Waals surface area contributed by atoms with Crippen LogP contribution in [0.25, 0.3) is 16.8 Å². The first-order valence-electron chi connectivity index (χ1n) is 11.1. The molecule has 31 heavy (non-hydrogen) atoms. The van der Waals surface area contributed by atoms with Gasteiger partial charge < -0.3 is 15.6 Å². The number of fused-ring (bicyclic) bond motifs is 3. The van der Waals surface area contributed by atoms with Gasteiger partial charge in [-0.15, -0.1) is 10.2 Å². The van der Waals surface area contributed by atoms with E-state index < -0.39 is 10.9 Å². The smallest absolute Gasteiger partial charge is 0.253 e. The second kappa shape index (κ2) is 6.90. The van der Waals surface area contributed by atoms with E-state index in [0.29, 0.717) is 23.2 Å². The number of rotatable bonds is 7. The first kappa shape index (κ1) is 18.5. The van der Waals surface area contributed by atoms with Gasteiger partial charge in [-0.2, -0.15) is 0 Å². The molecule has 2 fully saturated rings. The maximum absolute atomic E-state index is 12.2. The Morgan fingerprint density at radius 3 is 2.81 bits per heavy atom. The lowest BCUT2D eigenvalue weighted by molar-refractivity contribution is 0.451. The van der Waals surface area contributed by atoms with Crippen LogP contribution in [-0.2, 0) is 0 Å². The molecule has 3 atom stereocenters. The fraction of sp³-hybridized carbons (Fsp3) is 0.500. The van der Waals surface area contributed by atoms with Crippen molar-refractivity contribution in [2.75, 3.05) is 17.2 Å². The van der Waals surface area contributed by atoms with Crippen molar-refractivity contribution in [3.63, 3.8) is 0 Å². The van der Waals surface area contributed by atoms with Crippen LogP contribution in [0.15, 0.2) is 28.0 Å². The van der Waals surface area contributed by atoms with Crippen LogP contribution in [0, 0.1) is 11.8 Å². The van der Waals surface area contributed by atoms with Crippen LogP contribution in [0.4, 0.5) is 11.4 Å². The highest BCUT2D eigenvalue weighted by Crippen LogP contribution is 2.42. The fourth-order valence-electron chi connectivity index (χ4n) is 5.12. The molecule has 2 aliphatic rings. The number of aromatic nitrogens is 5. The standard InChI is InChI=1S/C22H25N7O2/c1-2-12-7-13(26-18-17(19(30)20(18)31)24-9-11-3-4-11)8-14(12)22-28-27-16-10-25-21-15(29(16)22)5-6-23-21/h5-6,10-14,23-24,26H,2-4,7-9H2,1H3. The number of anilines is 2. The van der Waals surface area contributed by atoms with E-state index in [1.54, 1.807) is 6.20 Å². The van der Waals surface area contributed by atoms with Crippen molar-refractivity contribution in [3.05, 3.63) is 44.7 Å². The molecule has 0 saturated heterocycles. The van der Waals surface area contributed by atoms with E-state index in [1.807, 2.05) is 12.3 Å². The van der Waals surface area contributed by atoms with Gasteiger partial charge in [-0.05, 0) is 43.6 Å². The molecule has 4 aromatic rings. The zero-order chi connectivity index (χ0) is 21.1. The Labute approximate surface area is 178 Å². The van der Waals surface area contributed by atoms with Crippen molar-refractivity contribution in [1.82, 2.24) is 24.6 Å². The summed E-state index contributed by atoms with van der Waals surface area (Å²) in [6, 6.07) is 2.12. The van der Waals surface area contributed by atoms with Crippen LogP contribution < -0.4 is 21.5 Å². The zero-order valence-electron chi connectivity index (χ0n) is 17.4. The Kier molecular flexibility index (Phi) is 4.12. The van der Waals surface area contributed by atoms with Gasteiger partial charge >= 0.3 is 0 Å². The number of aromatic amines is 1. The summed E-state index contributed by atoms with van der Waals surface area (Å²) < 4.78 is 2.09. The van der Waals surface area contributed by atoms with Crippen LogP contribution in [0.3, 0.4) is 0 Å². The van der Waals surface area contributed by atoms with Crippen LogP contribution in [0.5, 0.6) is 0 Å². The van der Waals surface area contributed by atoms with Gasteiger partial charge in [0.05, 0.1) is 11.7 Å². The van der Waals surface area contributed by atoms with Gasteiger partial charge in [0.2, 0.25) is 0 Å². The van der Waals surface area contributed by atoms with Crippen LogP contribution in [0.2, 0.25) is 0 Å². The average molecular weight is 419 g/mol. The monoisotopic (exact) mass is 419 g/mol. The van der Waals surface area contributed by atoms with E-state index in [0.717, 1.165) is 48.4 Å². The van der Waals surface area contributed by atoms with Gasteiger partial charge in [-0.1, -0.05) is 13.3 Å². The maximum Gasteiger partial charge on any atom is 0.253 e. The lowest BCUT2D eigenvalue weighted by atomic mass is 9.93. The Morgan fingerprint density at radius 1 is 1.16 bits per heavy atom. The van der Waals surface area contributed by atoms with Crippen molar-refractivity contribution < 1.29 is 0 Å². The molecule has 3 unspecified atom stereocenters. The minimum Gasteiger partial charge on any atom is -0.380 e. The van der Waals surface area contributed by atoms with Crippen molar-refractivity contribution >= 4 is 28.2 Å². The molecule has 2 aliphatic carbocycles. The molecule has 9 heteroatoms. The first-order valence-corrected chi connectivity index (χ1v) is 11.1. The topological polar surface area (TPSA) is 117 Å². The summed E-state index contributed by atoms with van der Waals surface area (Å²) in [5, 5.41) is 15.5. The van der Waals surface area contributed by atoms with E-state index in [4.69, 9.17) is 0 Å². The number of nitrogens with zero attached hydrogens (tertiary/aromatic N) is 4. The molecular weight excluding hydrogens is 394 g/mol. The molecule has 3 N–H and O–H groups in total. The van der Waals surface area contributed by atoms with Gasteiger partial charge in [-0.3, -0.25) is 14.0 Å². The summed E-state index contributed by atoms with van der Waals surface area (Å²) in [4.78, 5) is 31.8. The van der Waals surface area contributed by atoms with Crippen molar-refractivity contribution in [3.8, 4) is 0 Å². The highest BCUT2D eigenvalue weighted by molar-refractivity contribution is 5.75. The molecule has 160 valence electrons. The molecule has 3 aromatic heterocycles. The normalized spacial score (nSPS) is 23.8. The summed E-state index contributed by atoms with van der Waals surface area (Å²) in [7, 11) is 0. The van der Waals surface area contributed by atoms with E-state index in [-0.39, 0.29) is 12.0 Å². The van der Waals surface area contributed by atoms with Crippen molar-refractivity contribution in [2.45, 2.75) is 51.0 Å². The SMILES string of the molecule is CCC1CC(Nc2c(NCC3CC3)c(=O)c2=O)CC1c1nnc2cnc3[nH]ccc3n12. The van der Waals surface area contributed by atoms with E-state index in [2.05, 4.69) is 42.1 Å². The van der Waals surface area contributed by atoms with Gasteiger partial charge in [0.25, 0.3) is 10.9 Å². The number of hydrogen-bond donors (Lipinski definition) is 3. The Bertz CT molecular complexity index is 1340. The minimum absolute atomic E-state index is 0.121. The predicted octanol–water partition coefficient (Wildman–Crippen LogP) is 2.41. The molecule has 9 nitrogen and oxygen atoms in total. The number of H-pyrrole nitrogens is 1. The second-order valence-electron chi connectivity index (χ2n) is 9.04. The summed E-state index contributed by atoms with van der Waals surface area (Å²) in [5.74, 6) is 2.21. The molecule has 1 aromatic carbocycles. The molecular formula is C22H25N7O2. The number of hydrogen-bond acceptors (Lipinski definition) is 7. The molecule has 0 spiro atoms.